The van der Waals surface area contributed by atoms with Gasteiger partial charge in [0.05, 0.1) is 0 Å². The molecule has 1 N–H and O–H groups in total. The fraction of sp³-hybridized carbons (Fsp3) is 0.429. The van der Waals surface area contributed by atoms with E-state index in [0.717, 1.165) is 55.5 Å². The van der Waals surface area contributed by atoms with Gasteiger partial charge in [-0.2, -0.15) is 0 Å². The number of rotatable bonds is 5. The van der Waals surface area contributed by atoms with Crippen molar-refractivity contribution in [1.29, 1.82) is 0 Å². The Kier molecular flexibility index (Phi) is 9.64. The lowest BCUT2D eigenvalue weighted by atomic mass is 10.2. The van der Waals surface area contributed by atoms with Crippen LogP contribution in [0.3, 0.4) is 0 Å². The zero-order chi connectivity index (χ0) is 19.9. The molecule has 1 fully saturated rings. The third-order valence-corrected chi connectivity index (χ3v) is 5.52. The Bertz CT molecular complexity index is 790. The number of pyridine rings is 1. The second-order valence-electron chi connectivity index (χ2n) is 7.20. The standard InChI is InChI=1S/C21H29BrN6.HI/c1-23-21(27(3)16-17-4-6-19(22)7-5-17)25-15-18-8-9-24-20(14-18)28-12-10-26(2)11-13-28;/h4-9,14H,10-13,15-16H2,1-3H3,(H,23,25);1H. The van der Waals surface area contributed by atoms with Crippen LogP contribution in [0.15, 0.2) is 52.1 Å². The predicted octanol–water partition coefficient (Wildman–Crippen LogP) is 3.42. The van der Waals surface area contributed by atoms with Gasteiger partial charge in [-0.05, 0) is 42.4 Å². The first-order valence-electron chi connectivity index (χ1n) is 9.60. The van der Waals surface area contributed by atoms with Gasteiger partial charge in [0.2, 0.25) is 0 Å². The average Bonchev–Trinajstić information content (AvgIpc) is 2.71. The number of likely N-dealkylation sites (N-methyl/N-ethyl adjacent to an activating group) is 1. The molecule has 0 saturated carbocycles. The van der Waals surface area contributed by atoms with E-state index in [1.54, 1.807) is 0 Å². The summed E-state index contributed by atoms with van der Waals surface area (Å²) >= 11 is 3.48. The first kappa shape index (κ1) is 23.9. The summed E-state index contributed by atoms with van der Waals surface area (Å²) in [5.74, 6) is 1.94. The molecule has 1 aromatic heterocycles. The van der Waals surface area contributed by atoms with E-state index in [1.165, 1.54) is 11.1 Å². The molecule has 1 aliphatic heterocycles. The van der Waals surface area contributed by atoms with E-state index >= 15 is 0 Å². The molecule has 158 valence electrons. The summed E-state index contributed by atoms with van der Waals surface area (Å²) in [6.45, 7) is 5.74. The van der Waals surface area contributed by atoms with Crippen molar-refractivity contribution in [3.05, 3.63) is 58.2 Å². The van der Waals surface area contributed by atoms with Crippen LogP contribution in [0.1, 0.15) is 11.1 Å². The van der Waals surface area contributed by atoms with Gasteiger partial charge >= 0.3 is 0 Å². The topological polar surface area (TPSA) is 47.0 Å². The van der Waals surface area contributed by atoms with Gasteiger partial charge in [0.1, 0.15) is 5.82 Å². The average molecular weight is 573 g/mol. The molecule has 0 aliphatic carbocycles. The van der Waals surface area contributed by atoms with Crippen LogP contribution in [0.5, 0.6) is 0 Å². The second-order valence-corrected chi connectivity index (χ2v) is 8.11. The number of anilines is 1. The third kappa shape index (κ3) is 7.11. The number of hydrogen-bond donors (Lipinski definition) is 1. The van der Waals surface area contributed by atoms with E-state index in [2.05, 4.69) is 96.4 Å². The van der Waals surface area contributed by atoms with Crippen LogP contribution >= 0.6 is 39.9 Å². The van der Waals surface area contributed by atoms with Crippen LogP contribution in [0.25, 0.3) is 0 Å². The van der Waals surface area contributed by atoms with Crippen LogP contribution in [0.4, 0.5) is 5.82 Å². The van der Waals surface area contributed by atoms with Gasteiger partial charge in [-0.25, -0.2) is 4.98 Å². The Morgan fingerprint density at radius 3 is 2.48 bits per heavy atom. The van der Waals surface area contributed by atoms with E-state index < -0.39 is 0 Å². The highest BCUT2D eigenvalue weighted by molar-refractivity contribution is 14.0. The molecule has 1 aromatic carbocycles. The Labute approximate surface area is 199 Å². The van der Waals surface area contributed by atoms with Crippen molar-refractivity contribution < 1.29 is 0 Å². The number of guanidine groups is 1. The fourth-order valence-electron chi connectivity index (χ4n) is 3.28. The van der Waals surface area contributed by atoms with Crippen LogP contribution in [-0.4, -0.2) is 68.1 Å². The van der Waals surface area contributed by atoms with Crippen LogP contribution in [0, 0.1) is 0 Å². The summed E-state index contributed by atoms with van der Waals surface area (Å²) < 4.78 is 1.09. The Hall–Kier alpha value is -1.39. The minimum Gasteiger partial charge on any atom is -0.354 e. The van der Waals surface area contributed by atoms with E-state index in [0.29, 0.717) is 0 Å². The van der Waals surface area contributed by atoms with Gasteiger partial charge in [0.15, 0.2) is 5.96 Å². The number of piperazine rings is 1. The molecule has 2 heterocycles. The monoisotopic (exact) mass is 572 g/mol. The number of hydrogen-bond acceptors (Lipinski definition) is 4. The fourth-order valence-corrected chi connectivity index (χ4v) is 3.55. The van der Waals surface area contributed by atoms with Crippen LogP contribution < -0.4 is 10.2 Å². The quantitative estimate of drug-likeness (QED) is 0.338. The number of nitrogens with zero attached hydrogens (tertiary/aromatic N) is 5. The van der Waals surface area contributed by atoms with E-state index in [-0.39, 0.29) is 24.0 Å². The number of aliphatic imine (C=N–C) groups is 1. The lowest BCUT2D eigenvalue weighted by molar-refractivity contribution is 0.312. The van der Waals surface area contributed by atoms with Gasteiger partial charge in [-0.3, -0.25) is 4.99 Å². The summed E-state index contributed by atoms with van der Waals surface area (Å²) in [6.07, 6.45) is 1.90. The summed E-state index contributed by atoms with van der Waals surface area (Å²) in [6, 6.07) is 12.6. The maximum atomic E-state index is 4.57. The summed E-state index contributed by atoms with van der Waals surface area (Å²) in [7, 11) is 6.05. The minimum absolute atomic E-state index is 0. The molecular formula is C21H30BrIN6. The van der Waals surface area contributed by atoms with E-state index in [9.17, 15) is 0 Å². The van der Waals surface area contributed by atoms with E-state index in [1.807, 2.05) is 13.2 Å². The van der Waals surface area contributed by atoms with E-state index in [4.69, 9.17) is 0 Å². The summed E-state index contributed by atoms with van der Waals surface area (Å²) in [5, 5.41) is 3.47. The second kappa shape index (κ2) is 11.7. The molecular weight excluding hydrogens is 543 g/mol. The van der Waals surface area contributed by atoms with Gasteiger partial charge in [0, 0.05) is 64.0 Å². The number of halogens is 2. The van der Waals surface area contributed by atoms with Gasteiger partial charge in [-0.1, -0.05) is 28.1 Å². The molecule has 1 saturated heterocycles. The van der Waals surface area contributed by atoms with Crippen molar-refractivity contribution in [1.82, 2.24) is 20.1 Å². The van der Waals surface area contributed by atoms with Crippen LogP contribution in [0.2, 0.25) is 0 Å². The molecule has 8 heteroatoms. The van der Waals surface area contributed by atoms with Crippen molar-refractivity contribution in [2.75, 3.05) is 52.2 Å². The zero-order valence-electron chi connectivity index (χ0n) is 17.3. The Morgan fingerprint density at radius 1 is 1.14 bits per heavy atom. The van der Waals surface area contributed by atoms with Crippen molar-refractivity contribution in [3.63, 3.8) is 0 Å². The molecule has 0 atom stereocenters. The number of aromatic nitrogens is 1. The molecule has 0 amide bonds. The molecule has 2 aromatic rings. The molecule has 0 bridgehead atoms. The molecule has 0 spiro atoms. The first-order valence-corrected chi connectivity index (χ1v) is 10.4. The Morgan fingerprint density at radius 2 is 1.83 bits per heavy atom. The predicted molar refractivity (Wildman–Crippen MR) is 135 cm³/mol. The molecule has 1 aliphatic rings. The Balaban J connectivity index is 0.00000300. The smallest absolute Gasteiger partial charge is 0.193 e. The molecule has 3 rings (SSSR count). The van der Waals surface area contributed by atoms with Crippen LogP contribution in [-0.2, 0) is 13.1 Å². The molecule has 6 nitrogen and oxygen atoms in total. The van der Waals surface area contributed by atoms with Crippen molar-refractivity contribution in [2.45, 2.75) is 13.1 Å². The number of nitrogens with one attached hydrogen (secondary N) is 1. The van der Waals surface area contributed by atoms with Gasteiger partial charge in [0.25, 0.3) is 0 Å². The lowest BCUT2D eigenvalue weighted by Gasteiger charge is -2.33. The highest BCUT2D eigenvalue weighted by Crippen LogP contribution is 2.15. The SMILES string of the molecule is CN=C(NCc1ccnc(N2CCN(C)CC2)c1)N(C)Cc1ccc(Br)cc1.I. The highest BCUT2D eigenvalue weighted by Gasteiger charge is 2.15. The largest absolute Gasteiger partial charge is 0.354 e. The van der Waals surface area contributed by atoms with Gasteiger partial charge < -0.3 is 20.0 Å². The van der Waals surface area contributed by atoms with Gasteiger partial charge in [-0.15, -0.1) is 24.0 Å². The maximum absolute atomic E-state index is 4.57. The molecule has 0 radical (unpaired) electrons. The normalized spacial score (nSPS) is 15.0. The van der Waals surface area contributed by atoms with Crippen molar-refractivity contribution in [2.24, 2.45) is 4.99 Å². The summed E-state index contributed by atoms with van der Waals surface area (Å²) in [5.41, 5.74) is 2.46. The van der Waals surface area contributed by atoms with Crippen molar-refractivity contribution in [3.8, 4) is 0 Å². The lowest BCUT2D eigenvalue weighted by Crippen LogP contribution is -2.44. The third-order valence-electron chi connectivity index (χ3n) is 4.99. The zero-order valence-corrected chi connectivity index (χ0v) is 21.2. The van der Waals surface area contributed by atoms with Crippen molar-refractivity contribution >= 4 is 51.7 Å². The maximum Gasteiger partial charge on any atom is 0.193 e. The molecule has 29 heavy (non-hydrogen) atoms. The molecule has 0 unspecified atom stereocenters. The highest BCUT2D eigenvalue weighted by atomic mass is 127. The minimum atomic E-state index is 0. The number of benzene rings is 1. The first-order chi connectivity index (χ1) is 13.5. The summed E-state index contributed by atoms with van der Waals surface area (Å²) in [4.78, 5) is 15.8.